The molecule has 0 amide bonds. The summed E-state index contributed by atoms with van der Waals surface area (Å²) in [6.07, 6.45) is 4.73. The Morgan fingerprint density at radius 3 is 1.82 bits per heavy atom. The fraction of sp³-hybridized carbons (Fsp3) is 1.00. The molecule has 0 aliphatic carbocycles. The van der Waals surface area contributed by atoms with E-state index in [-0.39, 0.29) is 0 Å². The molecule has 5 heteroatoms. The number of rotatable bonds is 5. The minimum Gasteiger partial charge on any atom is -0.270 e. The molecule has 0 aromatic heterocycles. The highest BCUT2D eigenvalue weighted by Crippen LogP contribution is 2.67. The molecule has 3 fully saturated rings. The molecule has 3 aliphatic rings. The van der Waals surface area contributed by atoms with E-state index in [1.54, 1.807) is 0 Å². The molecule has 0 saturated carbocycles. The van der Waals surface area contributed by atoms with Gasteiger partial charge in [-0.3, -0.25) is 4.57 Å². The van der Waals surface area contributed by atoms with Gasteiger partial charge in [0.2, 0.25) is 0 Å². The van der Waals surface area contributed by atoms with E-state index in [1.807, 2.05) is 0 Å². The van der Waals surface area contributed by atoms with Crippen molar-refractivity contribution in [3.05, 3.63) is 0 Å². The molecular formula is C12H24N3OP. The van der Waals surface area contributed by atoms with Crippen LogP contribution in [-0.4, -0.2) is 52.3 Å². The van der Waals surface area contributed by atoms with Crippen molar-refractivity contribution in [3.63, 3.8) is 0 Å². The predicted molar refractivity (Wildman–Crippen MR) is 70.0 cm³/mol. The highest BCUT2D eigenvalue weighted by molar-refractivity contribution is 7.57. The van der Waals surface area contributed by atoms with Gasteiger partial charge in [0.25, 0.3) is 7.59 Å². The highest BCUT2D eigenvalue weighted by atomic mass is 31.2. The molecule has 17 heavy (non-hydrogen) atoms. The van der Waals surface area contributed by atoms with Gasteiger partial charge >= 0.3 is 0 Å². The molecule has 4 atom stereocenters. The van der Waals surface area contributed by atoms with Crippen LogP contribution in [0.2, 0.25) is 0 Å². The molecule has 3 saturated heterocycles. The van der Waals surface area contributed by atoms with E-state index in [4.69, 9.17) is 0 Å². The van der Waals surface area contributed by atoms with Crippen LogP contribution in [-0.2, 0) is 4.57 Å². The molecule has 3 aliphatic heterocycles. The lowest BCUT2D eigenvalue weighted by molar-refractivity contribution is 0.398. The molecule has 0 radical (unpaired) electrons. The van der Waals surface area contributed by atoms with E-state index < -0.39 is 7.59 Å². The SMILES string of the molecule is CC[C@@H]1CN1P(=O)(N1CCCC1)N1C[C@H]1CC. The first kappa shape index (κ1) is 12.2. The second-order valence-electron chi connectivity index (χ2n) is 5.54. The molecule has 0 aromatic rings. The topological polar surface area (TPSA) is 26.3 Å². The van der Waals surface area contributed by atoms with Gasteiger partial charge in [-0.25, -0.2) is 14.0 Å². The van der Waals surface area contributed by atoms with E-state index in [2.05, 4.69) is 27.9 Å². The lowest BCUT2D eigenvalue weighted by Crippen LogP contribution is -2.26. The number of hydrogen-bond acceptors (Lipinski definition) is 1. The fourth-order valence-corrected chi connectivity index (χ4v) is 6.82. The van der Waals surface area contributed by atoms with Crippen molar-refractivity contribution in [2.24, 2.45) is 0 Å². The van der Waals surface area contributed by atoms with Crippen LogP contribution in [0.5, 0.6) is 0 Å². The van der Waals surface area contributed by atoms with Crippen molar-refractivity contribution < 1.29 is 4.57 Å². The molecule has 0 bridgehead atoms. The second-order valence-corrected chi connectivity index (χ2v) is 8.16. The average molecular weight is 257 g/mol. The minimum atomic E-state index is -2.33. The second kappa shape index (κ2) is 4.34. The molecule has 0 aromatic carbocycles. The zero-order chi connectivity index (χ0) is 12.0. The average Bonchev–Trinajstić information content (AvgIpc) is 3.24. The Kier molecular flexibility index (Phi) is 3.10. The molecule has 3 rings (SSSR count). The summed E-state index contributed by atoms with van der Waals surface area (Å²) in [6, 6.07) is 1.17. The first-order valence-corrected chi connectivity index (χ1v) is 8.68. The first-order chi connectivity index (χ1) is 8.21. The summed E-state index contributed by atoms with van der Waals surface area (Å²) in [5.41, 5.74) is 0. The van der Waals surface area contributed by atoms with Gasteiger partial charge in [0.05, 0.1) is 0 Å². The maximum Gasteiger partial charge on any atom is 0.287 e. The van der Waals surface area contributed by atoms with Crippen LogP contribution >= 0.6 is 7.59 Å². The van der Waals surface area contributed by atoms with Gasteiger partial charge in [-0.2, -0.15) is 0 Å². The molecular weight excluding hydrogens is 233 g/mol. The van der Waals surface area contributed by atoms with Crippen molar-refractivity contribution in [3.8, 4) is 0 Å². The van der Waals surface area contributed by atoms with Crippen LogP contribution in [0, 0.1) is 0 Å². The molecule has 4 nitrogen and oxygen atoms in total. The van der Waals surface area contributed by atoms with E-state index >= 15 is 0 Å². The summed E-state index contributed by atoms with van der Waals surface area (Å²) < 4.78 is 20.3. The fourth-order valence-electron chi connectivity index (χ4n) is 3.09. The molecule has 0 N–H and O–H groups in total. The van der Waals surface area contributed by atoms with Crippen molar-refractivity contribution in [1.82, 2.24) is 14.0 Å². The Morgan fingerprint density at radius 1 is 1.00 bits per heavy atom. The monoisotopic (exact) mass is 257 g/mol. The van der Waals surface area contributed by atoms with Crippen LogP contribution in [0.1, 0.15) is 39.5 Å². The summed E-state index contributed by atoms with van der Waals surface area (Å²) in [5, 5.41) is 0. The van der Waals surface area contributed by atoms with Crippen molar-refractivity contribution in [2.45, 2.75) is 51.6 Å². The van der Waals surface area contributed by atoms with Gasteiger partial charge in [0, 0.05) is 38.3 Å². The number of hydrogen-bond donors (Lipinski definition) is 0. The van der Waals surface area contributed by atoms with Crippen LogP contribution in [0.15, 0.2) is 0 Å². The summed E-state index contributed by atoms with van der Waals surface area (Å²) >= 11 is 0. The Hall–Kier alpha value is 0.110. The summed E-state index contributed by atoms with van der Waals surface area (Å²) in [4.78, 5) is 0. The van der Waals surface area contributed by atoms with Gasteiger partial charge < -0.3 is 0 Å². The van der Waals surface area contributed by atoms with Crippen molar-refractivity contribution >= 4 is 7.59 Å². The van der Waals surface area contributed by atoms with Crippen LogP contribution in [0.4, 0.5) is 0 Å². The smallest absolute Gasteiger partial charge is 0.270 e. The quantitative estimate of drug-likeness (QED) is 0.558. The maximum absolute atomic E-state index is 13.5. The minimum absolute atomic E-state index is 0.583. The largest absolute Gasteiger partial charge is 0.287 e. The zero-order valence-corrected chi connectivity index (χ0v) is 11.9. The van der Waals surface area contributed by atoms with Gasteiger partial charge in [0.1, 0.15) is 0 Å². The summed E-state index contributed by atoms with van der Waals surface area (Å²) in [6.45, 7) is 8.60. The number of nitrogens with zero attached hydrogens (tertiary/aromatic N) is 3. The molecule has 2 unspecified atom stereocenters. The van der Waals surface area contributed by atoms with E-state index in [0.717, 1.165) is 39.0 Å². The zero-order valence-electron chi connectivity index (χ0n) is 11.0. The standard InChI is InChI=1S/C12H24N3OP/c1-3-11-9-14(11)17(16,13-7-5-6-8-13)15-10-12(15)4-2/h11-12H,3-10H2,1-2H3/t11-,12-,14?,15?,17?/m1/s1. The third-order valence-corrected chi connectivity index (χ3v) is 7.89. The normalized spacial score (nSPS) is 44.6. The Balaban J connectivity index is 1.78. The van der Waals surface area contributed by atoms with Gasteiger partial charge in [-0.1, -0.05) is 13.8 Å². The highest BCUT2D eigenvalue weighted by Gasteiger charge is 2.59. The van der Waals surface area contributed by atoms with Gasteiger partial charge in [-0.05, 0) is 25.7 Å². The Bertz CT molecular complexity index is 321. The van der Waals surface area contributed by atoms with Gasteiger partial charge in [-0.15, -0.1) is 0 Å². The van der Waals surface area contributed by atoms with Crippen LogP contribution in [0.3, 0.4) is 0 Å². The Labute approximate surface area is 104 Å². The molecule has 98 valence electrons. The first-order valence-electron chi connectivity index (χ1n) is 7.11. The van der Waals surface area contributed by atoms with Crippen molar-refractivity contribution in [1.29, 1.82) is 0 Å². The van der Waals surface area contributed by atoms with Crippen LogP contribution < -0.4 is 0 Å². The predicted octanol–water partition coefficient (Wildman–Crippen LogP) is 2.38. The van der Waals surface area contributed by atoms with Crippen molar-refractivity contribution in [2.75, 3.05) is 26.2 Å². The van der Waals surface area contributed by atoms with E-state index in [0.29, 0.717) is 12.1 Å². The van der Waals surface area contributed by atoms with E-state index in [1.165, 1.54) is 12.8 Å². The summed E-state index contributed by atoms with van der Waals surface area (Å²) in [5.74, 6) is 0. The lowest BCUT2D eigenvalue weighted by Gasteiger charge is -2.30. The third kappa shape index (κ3) is 1.90. The lowest BCUT2D eigenvalue weighted by atomic mass is 10.4. The van der Waals surface area contributed by atoms with Gasteiger partial charge in [0.15, 0.2) is 0 Å². The van der Waals surface area contributed by atoms with Crippen LogP contribution in [0.25, 0.3) is 0 Å². The third-order valence-electron chi connectivity index (χ3n) is 4.43. The Morgan fingerprint density at radius 2 is 1.47 bits per heavy atom. The maximum atomic E-state index is 13.5. The summed E-state index contributed by atoms with van der Waals surface area (Å²) in [7, 11) is -2.33. The molecule has 3 heterocycles. The molecule has 0 spiro atoms. The van der Waals surface area contributed by atoms with E-state index in [9.17, 15) is 4.57 Å².